The van der Waals surface area contributed by atoms with Crippen molar-refractivity contribution >= 4 is 29.0 Å². The van der Waals surface area contributed by atoms with Gasteiger partial charge in [-0.15, -0.1) is 0 Å². The zero-order valence-electron chi connectivity index (χ0n) is 15.7. The van der Waals surface area contributed by atoms with Crippen LogP contribution in [-0.4, -0.2) is 48.0 Å². The Kier molecular flexibility index (Phi) is 5.90. The van der Waals surface area contributed by atoms with Gasteiger partial charge in [-0.2, -0.15) is 0 Å². The van der Waals surface area contributed by atoms with Crippen LogP contribution in [0, 0.1) is 5.92 Å². The van der Waals surface area contributed by atoms with Gasteiger partial charge in [0.05, 0.1) is 0 Å². The van der Waals surface area contributed by atoms with Gasteiger partial charge in [0.25, 0.3) is 0 Å². The van der Waals surface area contributed by atoms with Crippen molar-refractivity contribution in [2.24, 2.45) is 5.92 Å². The molecule has 0 unspecified atom stereocenters. The molecule has 1 aliphatic heterocycles. The van der Waals surface area contributed by atoms with Gasteiger partial charge in [-0.1, -0.05) is 13.8 Å². The number of nitrogens with zero attached hydrogens (tertiary/aromatic N) is 3. The number of hydrogen-bond donors (Lipinski definition) is 2. The van der Waals surface area contributed by atoms with Crippen molar-refractivity contribution in [1.29, 1.82) is 0 Å². The highest BCUT2D eigenvalue weighted by molar-refractivity contribution is 5.93. The fourth-order valence-electron chi connectivity index (χ4n) is 2.85. The number of nitrogens with one attached hydrogen (secondary N) is 2. The highest BCUT2D eigenvalue weighted by Gasteiger charge is 2.21. The summed E-state index contributed by atoms with van der Waals surface area (Å²) < 4.78 is 0. The molecule has 7 heteroatoms. The number of urea groups is 1. The second-order valence-corrected chi connectivity index (χ2v) is 6.83. The molecule has 27 heavy (non-hydrogen) atoms. The van der Waals surface area contributed by atoms with Crippen LogP contribution in [0.2, 0.25) is 0 Å². The summed E-state index contributed by atoms with van der Waals surface area (Å²) >= 11 is 0. The van der Waals surface area contributed by atoms with Gasteiger partial charge in [0.15, 0.2) is 0 Å². The minimum Gasteiger partial charge on any atom is -0.368 e. The van der Waals surface area contributed by atoms with Crippen LogP contribution in [0.25, 0.3) is 0 Å². The van der Waals surface area contributed by atoms with Crippen LogP contribution in [0.5, 0.6) is 0 Å². The van der Waals surface area contributed by atoms with Crippen molar-refractivity contribution in [1.82, 2.24) is 9.88 Å². The molecule has 0 aliphatic carbocycles. The van der Waals surface area contributed by atoms with Crippen molar-refractivity contribution in [3.63, 3.8) is 0 Å². The number of hydrogen-bond acceptors (Lipinski definition) is 4. The Labute approximate surface area is 159 Å². The van der Waals surface area contributed by atoms with Gasteiger partial charge in [0.1, 0.15) is 0 Å². The van der Waals surface area contributed by atoms with E-state index in [9.17, 15) is 9.59 Å². The third kappa shape index (κ3) is 4.97. The number of benzene rings is 1. The molecule has 3 amide bonds. The monoisotopic (exact) mass is 367 g/mol. The third-order valence-corrected chi connectivity index (χ3v) is 4.52. The van der Waals surface area contributed by atoms with Gasteiger partial charge >= 0.3 is 6.03 Å². The van der Waals surface area contributed by atoms with Crippen LogP contribution in [0.1, 0.15) is 13.8 Å². The summed E-state index contributed by atoms with van der Waals surface area (Å²) in [4.78, 5) is 32.3. The molecule has 2 N–H and O–H groups in total. The molecule has 142 valence electrons. The van der Waals surface area contributed by atoms with Gasteiger partial charge in [-0.25, -0.2) is 4.79 Å². The molecular formula is C20H25N5O2. The molecule has 0 spiro atoms. The van der Waals surface area contributed by atoms with Crippen molar-refractivity contribution < 1.29 is 9.59 Å². The molecule has 7 nitrogen and oxygen atoms in total. The molecule has 0 atom stereocenters. The van der Waals surface area contributed by atoms with E-state index >= 15 is 0 Å². The van der Waals surface area contributed by atoms with E-state index in [0.717, 1.165) is 24.5 Å². The first-order valence-electron chi connectivity index (χ1n) is 9.15. The summed E-state index contributed by atoms with van der Waals surface area (Å²) in [7, 11) is 0. The van der Waals surface area contributed by atoms with E-state index in [-0.39, 0.29) is 17.9 Å². The molecule has 0 saturated carbocycles. The summed E-state index contributed by atoms with van der Waals surface area (Å²) in [6.07, 6.45) is 3.56. The van der Waals surface area contributed by atoms with Crippen molar-refractivity contribution in [2.45, 2.75) is 13.8 Å². The molecule has 2 aromatic rings. The number of carbonyl (C=O) groups excluding carboxylic acids is 2. The first-order chi connectivity index (χ1) is 13.0. The van der Waals surface area contributed by atoms with Gasteiger partial charge in [-0.3, -0.25) is 9.78 Å². The molecule has 1 aromatic carbocycles. The number of amides is 3. The SMILES string of the molecule is CC(C)C(=O)Nc1ccc(NC(=O)N2CCN(c3ccncc3)CC2)cc1. The second kappa shape index (κ2) is 8.53. The topological polar surface area (TPSA) is 77.6 Å². The molecule has 1 fully saturated rings. The van der Waals surface area contributed by atoms with Crippen molar-refractivity contribution in [3.8, 4) is 0 Å². The molecule has 3 rings (SSSR count). The van der Waals surface area contributed by atoms with E-state index in [1.54, 1.807) is 36.7 Å². The number of pyridine rings is 1. The molecule has 0 bridgehead atoms. The molecule has 1 aliphatic rings. The highest BCUT2D eigenvalue weighted by Crippen LogP contribution is 2.17. The summed E-state index contributed by atoms with van der Waals surface area (Å²) in [5.74, 6) is -0.103. The van der Waals surface area contributed by atoms with Gasteiger partial charge in [0, 0.05) is 61.6 Å². The standard InChI is InChI=1S/C20H25N5O2/c1-15(2)19(26)22-16-3-5-17(6-4-16)23-20(27)25-13-11-24(12-14-25)18-7-9-21-10-8-18/h3-10,15H,11-14H2,1-2H3,(H,22,26)(H,23,27). The number of piperazine rings is 1. The summed E-state index contributed by atoms with van der Waals surface area (Å²) in [6, 6.07) is 11.0. The zero-order valence-corrected chi connectivity index (χ0v) is 15.7. The van der Waals surface area contributed by atoms with Crippen LogP contribution in [0.15, 0.2) is 48.8 Å². The Morgan fingerprint density at radius 1 is 0.889 bits per heavy atom. The number of anilines is 3. The Bertz CT molecular complexity index is 769. The second-order valence-electron chi connectivity index (χ2n) is 6.83. The highest BCUT2D eigenvalue weighted by atomic mass is 16.2. The van der Waals surface area contributed by atoms with E-state index in [0.29, 0.717) is 18.8 Å². The molecular weight excluding hydrogens is 342 g/mol. The number of aromatic nitrogens is 1. The summed E-state index contributed by atoms with van der Waals surface area (Å²) in [6.45, 7) is 6.60. The first-order valence-corrected chi connectivity index (χ1v) is 9.15. The molecule has 0 radical (unpaired) electrons. The van der Waals surface area contributed by atoms with Crippen LogP contribution >= 0.6 is 0 Å². The van der Waals surface area contributed by atoms with E-state index in [4.69, 9.17) is 0 Å². The fraction of sp³-hybridized carbons (Fsp3) is 0.350. The quantitative estimate of drug-likeness (QED) is 0.871. The molecule has 1 saturated heterocycles. The van der Waals surface area contributed by atoms with E-state index < -0.39 is 0 Å². The maximum absolute atomic E-state index is 12.5. The maximum Gasteiger partial charge on any atom is 0.321 e. The Hall–Kier alpha value is -3.09. The largest absolute Gasteiger partial charge is 0.368 e. The smallest absolute Gasteiger partial charge is 0.321 e. The van der Waals surface area contributed by atoms with Gasteiger partial charge < -0.3 is 20.4 Å². The number of carbonyl (C=O) groups is 2. The third-order valence-electron chi connectivity index (χ3n) is 4.52. The summed E-state index contributed by atoms with van der Waals surface area (Å²) in [5.41, 5.74) is 2.56. The van der Waals surface area contributed by atoms with Crippen molar-refractivity contribution in [3.05, 3.63) is 48.8 Å². The van der Waals surface area contributed by atoms with E-state index in [2.05, 4.69) is 20.5 Å². The minimum absolute atomic E-state index is 0.0288. The fourth-order valence-corrected chi connectivity index (χ4v) is 2.85. The zero-order chi connectivity index (χ0) is 19.2. The lowest BCUT2D eigenvalue weighted by atomic mass is 10.2. The average molecular weight is 367 g/mol. The van der Waals surface area contributed by atoms with Gasteiger partial charge in [0.2, 0.25) is 5.91 Å². The van der Waals surface area contributed by atoms with E-state index in [1.165, 1.54) is 0 Å². The van der Waals surface area contributed by atoms with E-state index in [1.807, 2.05) is 30.9 Å². The van der Waals surface area contributed by atoms with Crippen LogP contribution in [-0.2, 0) is 4.79 Å². The lowest BCUT2D eigenvalue weighted by Crippen LogP contribution is -2.50. The average Bonchev–Trinajstić information content (AvgIpc) is 2.70. The van der Waals surface area contributed by atoms with Crippen molar-refractivity contribution in [2.75, 3.05) is 41.7 Å². The molecule has 1 aromatic heterocycles. The lowest BCUT2D eigenvalue weighted by Gasteiger charge is -2.36. The lowest BCUT2D eigenvalue weighted by molar-refractivity contribution is -0.118. The Balaban J connectivity index is 1.50. The van der Waals surface area contributed by atoms with Crippen LogP contribution in [0.4, 0.5) is 21.9 Å². The van der Waals surface area contributed by atoms with Crippen LogP contribution in [0.3, 0.4) is 0 Å². The predicted molar refractivity (Wildman–Crippen MR) is 107 cm³/mol. The maximum atomic E-state index is 12.5. The first kappa shape index (κ1) is 18.7. The van der Waals surface area contributed by atoms with Gasteiger partial charge in [-0.05, 0) is 36.4 Å². The Morgan fingerprint density at radius 2 is 1.44 bits per heavy atom. The Morgan fingerprint density at radius 3 is 2.00 bits per heavy atom. The predicted octanol–water partition coefficient (Wildman–Crippen LogP) is 3.03. The summed E-state index contributed by atoms with van der Waals surface area (Å²) in [5, 5.41) is 5.75. The molecule has 2 heterocycles. The minimum atomic E-state index is -0.108. The number of rotatable bonds is 4. The van der Waals surface area contributed by atoms with Crippen LogP contribution < -0.4 is 15.5 Å². The normalized spacial score (nSPS) is 14.2.